The van der Waals surface area contributed by atoms with E-state index in [-0.39, 0.29) is 0 Å². The summed E-state index contributed by atoms with van der Waals surface area (Å²) in [6, 6.07) is 13.5. The number of anilines is 1. The van der Waals surface area contributed by atoms with Crippen LogP contribution in [-0.2, 0) is 11.2 Å². The molecule has 0 unspecified atom stereocenters. The van der Waals surface area contributed by atoms with E-state index in [0.717, 1.165) is 37.7 Å². The van der Waals surface area contributed by atoms with Crippen LogP contribution in [0.5, 0.6) is 0 Å². The Morgan fingerprint density at radius 1 is 1.15 bits per heavy atom. The summed E-state index contributed by atoms with van der Waals surface area (Å²) in [5.41, 5.74) is 2.57. The van der Waals surface area contributed by atoms with Gasteiger partial charge in [0.15, 0.2) is 0 Å². The number of halogens is 1. The third kappa shape index (κ3) is 4.63. The Bertz CT molecular complexity index is 716. The van der Waals surface area contributed by atoms with Gasteiger partial charge < -0.3 is 9.64 Å². The van der Waals surface area contributed by atoms with Crippen molar-refractivity contribution in [3.05, 3.63) is 59.4 Å². The van der Waals surface area contributed by atoms with Gasteiger partial charge >= 0.3 is 0 Å². The minimum Gasteiger partial charge on any atom is -0.376 e. The van der Waals surface area contributed by atoms with Crippen LogP contribution in [0.25, 0.3) is 0 Å². The van der Waals surface area contributed by atoms with E-state index in [1.54, 1.807) is 0 Å². The standard InChI is InChI=1S/C22H28ClN3O/c1-17-15-26(22(16-27-17)13-18-4-6-19(23)7-5-18)20-8-11-25(12-9-20)21-3-2-10-24-14-21/h2-7,10,14,17,20,22H,8-9,11-13,15-16H2,1H3/t17-,22-/m0/s1. The molecule has 0 bridgehead atoms. The largest absolute Gasteiger partial charge is 0.376 e. The fourth-order valence-corrected chi connectivity index (χ4v) is 4.51. The smallest absolute Gasteiger partial charge is 0.0674 e. The quantitative estimate of drug-likeness (QED) is 0.794. The van der Waals surface area contributed by atoms with Crippen LogP contribution in [0.3, 0.4) is 0 Å². The van der Waals surface area contributed by atoms with Crippen molar-refractivity contribution in [1.29, 1.82) is 0 Å². The Kier molecular flexibility index (Phi) is 5.96. The molecule has 0 N–H and O–H groups in total. The Hall–Kier alpha value is -1.62. The zero-order valence-corrected chi connectivity index (χ0v) is 16.7. The molecular formula is C22H28ClN3O. The molecule has 2 saturated heterocycles. The van der Waals surface area contributed by atoms with Gasteiger partial charge in [-0.25, -0.2) is 0 Å². The van der Waals surface area contributed by atoms with E-state index in [1.807, 2.05) is 30.6 Å². The molecule has 5 heteroatoms. The molecule has 4 nitrogen and oxygen atoms in total. The molecule has 1 aromatic carbocycles. The SMILES string of the molecule is C[C@H]1CN(C2CCN(c3cccnc3)CC2)[C@@H](Cc2ccc(Cl)cc2)CO1. The van der Waals surface area contributed by atoms with Crippen molar-refractivity contribution in [3.8, 4) is 0 Å². The fourth-order valence-electron chi connectivity index (χ4n) is 4.38. The van der Waals surface area contributed by atoms with E-state index in [9.17, 15) is 0 Å². The van der Waals surface area contributed by atoms with Crippen LogP contribution in [-0.4, -0.2) is 54.3 Å². The molecule has 2 atom stereocenters. The predicted octanol–water partition coefficient (Wildman–Crippen LogP) is 4.04. The van der Waals surface area contributed by atoms with Crippen LogP contribution in [0.2, 0.25) is 5.02 Å². The predicted molar refractivity (Wildman–Crippen MR) is 111 cm³/mol. The number of nitrogens with zero attached hydrogens (tertiary/aromatic N) is 3. The number of benzene rings is 1. The van der Waals surface area contributed by atoms with Crippen molar-refractivity contribution in [2.24, 2.45) is 0 Å². The minimum atomic E-state index is 0.308. The summed E-state index contributed by atoms with van der Waals surface area (Å²) < 4.78 is 6.01. The van der Waals surface area contributed by atoms with Gasteiger partial charge in [-0.05, 0) is 56.0 Å². The van der Waals surface area contributed by atoms with Crippen molar-refractivity contribution < 1.29 is 4.74 Å². The summed E-state index contributed by atoms with van der Waals surface area (Å²) >= 11 is 6.04. The number of rotatable bonds is 4. The van der Waals surface area contributed by atoms with Crippen molar-refractivity contribution in [3.63, 3.8) is 0 Å². The second-order valence-corrected chi connectivity index (χ2v) is 8.19. The van der Waals surface area contributed by atoms with Crippen LogP contribution in [0.15, 0.2) is 48.8 Å². The molecule has 2 aliphatic rings. The van der Waals surface area contributed by atoms with Crippen LogP contribution in [0.1, 0.15) is 25.3 Å². The lowest BCUT2D eigenvalue weighted by Crippen LogP contribution is -2.56. The molecule has 0 spiro atoms. The molecule has 0 amide bonds. The maximum Gasteiger partial charge on any atom is 0.0674 e. The zero-order valence-electron chi connectivity index (χ0n) is 15.9. The summed E-state index contributed by atoms with van der Waals surface area (Å²) in [6.45, 7) is 6.21. The monoisotopic (exact) mass is 385 g/mol. The first-order valence-corrected chi connectivity index (χ1v) is 10.3. The number of ether oxygens (including phenoxy) is 1. The second kappa shape index (κ2) is 8.59. The van der Waals surface area contributed by atoms with Crippen molar-refractivity contribution in [2.45, 2.75) is 44.4 Å². The van der Waals surface area contributed by atoms with E-state index in [4.69, 9.17) is 16.3 Å². The number of morpholine rings is 1. The van der Waals surface area contributed by atoms with Crippen LogP contribution < -0.4 is 4.90 Å². The lowest BCUT2D eigenvalue weighted by Gasteiger charge is -2.46. The number of aromatic nitrogens is 1. The summed E-state index contributed by atoms with van der Waals surface area (Å²) in [7, 11) is 0. The lowest BCUT2D eigenvalue weighted by atomic mass is 9.96. The Balaban J connectivity index is 1.41. The molecule has 144 valence electrons. The molecule has 0 saturated carbocycles. The zero-order chi connectivity index (χ0) is 18.6. The van der Waals surface area contributed by atoms with E-state index in [2.05, 4.69) is 39.9 Å². The van der Waals surface area contributed by atoms with Gasteiger partial charge in [0.25, 0.3) is 0 Å². The number of piperidine rings is 1. The van der Waals surface area contributed by atoms with E-state index < -0.39 is 0 Å². The maximum absolute atomic E-state index is 6.04. The molecule has 0 radical (unpaired) electrons. The van der Waals surface area contributed by atoms with E-state index in [1.165, 1.54) is 24.1 Å². The second-order valence-electron chi connectivity index (χ2n) is 7.75. The van der Waals surface area contributed by atoms with Crippen LogP contribution in [0, 0.1) is 0 Å². The summed E-state index contributed by atoms with van der Waals surface area (Å²) in [4.78, 5) is 9.44. The summed E-state index contributed by atoms with van der Waals surface area (Å²) in [5.74, 6) is 0. The molecule has 2 fully saturated rings. The fraction of sp³-hybridized carbons (Fsp3) is 0.500. The first kappa shape index (κ1) is 18.7. The molecule has 2 aromatic rings. The van der Waals surface area contributed by atoms with E-state index >= 15 is 0 Å². The molecule has 2 aliphatic heterocycles. The van der Waals surface area contributed by atoms with Gasteiger partial charge in [0.2, 0.25) is 0 Å². The molecular weight excluding hydrogens is 358 g/mol. The highest BCUT2D eigenvalue weighted by Gasteiger charge is 2.34. The van der Waals surface area contributed by atoms with Gasteiger partial charge in [0.1, 0.15) is 0 Å². The minimum absolute atomic E-state index is 0.308. The topological polar surface area (TPSA) is 28.6 Å². The van der Waals surface area contributed by atoms with Gasteiger partial charge in [0.05, 0.1) is 24.6 Å². The van der Waals surface area contributed by atoms with Crippen molar-refractivity contribution in [2.75, 3.05) is 31.1 Å². The maximum atomic E-state index is 6.04. The Morgan fingerprint density at radius 3 is 2.63 bits per heavy atom. The third-order valence-electron chi connectivity index (χ3n) is 5.84. The van der Waals surface area contributed by atoms with Gasteiger partial charge in [0, 0.05) is 42.9 Å². The van der Waals surface area contributed by atoms with Gasteiger partial charge in [-0.2, -0.15) is 0 Å². The highest BCUT2D eigenvalue weighted by Crippen LogP contribution is 2.27. The number of hydrogen-bond donors (Lipinski definition) is 0. The number of pyridine rings is 1. The lowest BCUT2D eigenvalue weighted by molar-refractivity contribution is -0.0744. The third-order valence-corrected chi connectivity index (χ3v) is 6.09. The normalized spacial score (nSPS) is 24.9. The molecule has 4 rings (SSSR count). The van der Waals surface area contributed by atoms with Gasteiger partial charge in [-0.15, -0.1) is 0 Å². The van der Waals surface area contributed by atoms with Gasteiger partial charge in [-0.3, -0.25) is 9.88 Å². The molecule has 1 aromatic heterocycles. The molecule has 27 heavy (non-hydrogen) atoms. The van der Waals surface area contributed by atoms with Crippen molar-refractivity contribution in [1.82, 2.24) is 9.88 Å². The summed E-state index contributed by atoms with van der Waals surface area (Å²) in [5, 5.41) is 0.798. The summed E-state index contributed by atoms with van der Waals surface area (Å²) in [6.07, 6.45) is 7.53. The van der Waals surface area contributed by atoms with E-state index in [0.29, 0.717) is 18.2 Å². The molecule has 0 aliphatic carbocycles. The van der Waals surface area contributed by atoms with Crippen LogP contribution >= 0.6 is 11.6 Å². The first-order valence-electron chi connectivity index (χ1n) is 9.96. The van der Waals surface area contributed by atoms with Crippen LogP contribution in [0.4, 0.5) is 5.69 Å². The average Bonchev–Trinajstić information content (AvgIpc) is 2.72. The van der Waals surface area contributed by atoms with Gasteiger partial charge in [-0.1, -0.05) is 23.7 Å². The molecule has 3 heterocycles. The first-order chi connectivity index (χ1) is 13.2. The highest BCUT2D eigenvalue weighted by atomic mass is 35.5. The average molecular weight is 386 g/mol. The Labute approximate surface area is 167 Å². The highest BCUT2D eigenvalue weighted by molar-refractivity contribution is 6.30. The van der Waals surface area contributed by atoms with Crippen molar-refractivity contribution >= 4 is 17.3 Å². The Morgan fingerprint density at radius 2 is 1.93 bits per heavy atom. The number of hydrogen-bond acceptors (Lipinski definition) is 4.